The number of nitrogens with two attached hydrogens (primary N) is 1. The van der Waals surface area contributed by atoms with Crippen LogP contribution in [0.5, 0.6) is 0 Å². The standard InChI is InChI=1S/C12H23NS/c1-2-14-6-5-12(9-13)8-10-3-4-11(12)7-10/h10-11H,2-9,13H2,1H3. The van der Waals surface area contributed by atoms with Crippen molar-refractivity contribution in [3.63, 3.8) is 0 Å². The highest BCUT2D eigenvalue weighted by atomic mass is 32.2. The molecule has 82 valence electrons. The second-order valence-electron chi connectivity index (χ2n) is 5.09. The van der Waals surface area contributed by atoms with Crippen LogP contribution in [-0.2, 0) is 0 Å². The molecule has 0 aromatic heterocycles. The lowest BCUT2D eigenvalue weighted by Gasteiger charge is -2.36. The van der Waals surface area contributed by atoms with Gasteiger partial charge in [0.2, 0.25) is 0 Å². The van der Waals surface area contributed by atoms with Crippen molar-refractivity contribution in [1.29, 1.82) is 0 Å². The fourth-order valence-electron chi connectivity index (χ4n) is 3.64. The summed E-state index contributed by atoms with van der Waals surface area (Å²) < 4.78 is 0. The highest BCUT2D eigenvalue weighted by Gasteiger charge is 2.49. The second kappa shape index (κ2) is 4.44. The summed E-state index contributed by atoms with van der Waals surface area (Å²) in [6, 6.07) is 0. The van der Waals surface area contributed by atoms with Gasteiger partial charge in [0.15, 0.2) is 0 Å². The van der Waals surface area contributed by atoms with Crippen molar-refractivity contribution in [2.45, 2.75) is 39.0 Å². The summed E-state index contributed by atoms with van der Waals surface area (Å²) in [6.45, 7) is 3.19. The van der Waals surface area contributed by atoms with E-state index < -0.39 is 0 Å². The third-order valence-electron chi connectivity index (χ3n) is 4.46. The first-order valence-corrected chi connectivity index (χ1v) is 7.24. The maximum Gasteiger partial charge on any atom is -0.00175 e. The summed E-state index contributed by atoms with van der Waals surface area (Å²) in [5, 5.41) is 0. The van der Waals surface area contributed by atoms with Gasteiger partial charge in [0, 0.05) is 0 Å². The molecule has 0 heterocycles. The van der Waals surface area contributed by atoms with E-state index in [1.165, 1.54) is 43.6 Å². The van der Waals surface area contributed by atoms with Crippen molar-refractivity contribution >= 4 is 11.8 Å². The molecule has 0 saturated heterocycles. The molecule has 0 aromatic rings. The molecule has 0 aromatic carbocycles. The molecule has 3 unspecified atom stereocenters. The van der Waals surface area contributed by atoms with Crippen LogP contribution in [0.2, 0.25) is 0 Å². The van der Waals surface area contributed by atoms with E-state index >= 15 is 0 Å². The molecule has 0 aliphatic heterocycles. The van der Waals surface area contributed by atoms with Gasteiger partial charge in [-0.1, -0.05) is 13.3 Å². The number of hydrogen-bond acceptors (Lipinski definition) is 2. The second-order valence-corrected chi connectivity index (χ2v) is 6.49. The zero-order valence-corrected chi connectivity index (χ0v) is 10.1. The maximum atomic E-state index is 6.03. The fraction of sp³-hybridized carbons (Fsp3) is 1.00. The van der Waals surface area contributed by atoms with E-state index in [1.54, 1.807) is 0 Å². The molecule has 2 aliphatic carbocycles. The average Bonchev–Trinajstić information content (AvgIpc) is 2.78. The Balaban J connectivity index is 1.90. The summed E-state index contributed by atoms with van der Waals surface area (Å²) >= 11 is 2.08. The topological polar surface area (TPSA) is 26.0 Å². The fourth-order valence-corrected chi connectivity index (χ4v) is 4.48. The van der Waals surface area contributed by atoms with E-state index in [1.807, 2.05) is 0 Å². The molecule has 0 spiro atoms. The number of fused-ring (bicyclic) bond motifs is 2. The van der Waals surface area contributed by atoms with Crippen LogP contribution in [0.1, 0.15) is 39.0 Å². The van der Waals surface area contributed by atoms with Crippen molar-refractivity contribution in [3.05, 3.63) is 0 Å². The molecule has 2 fully saturated rings. The van der Waals surface area contributed by atoms with Gasteiger partial charge in [-0.3, -0.25) is 0 Å². The predicted octanol–water partition coefficient (Wildman–Crippen LogP) is 2.89. The average molecular weight is 213 g/mol. The molecule has 2 heteroatoms. The van der Waals surface area contributed by atoms with Crippen LogP contribution in [0.3, 0.4) is 0 Å². The number of hydrogen-bond donors (Lipinski definition) is 1. The summed E-state index contributed by atoms with van der Waals surface area (Å²) in [7, 11) is 0. The zero-order valence-electron chi connectivity index (χ0n) is 9.30. The molecule has 2 bridgehead atoms. The number of thioether (sulfide) groups is 1. The minimum absolute atomic E-state index is 0.561. The zero-order chi connectivity index (χ0) is 10.0. The van der Waals surface area contributed by atoms with Gasteiger partial charge in [0.25, 0.3) is 0 Å². The van der Waals surface area contributed by atoms with E-state index in [-0.39, 0.29) is 0 Å². The van der Waals surface area contributed by atoms with Crippen molar-refractivity contribution < 1.29 is 0 Å². The monoisotopic (exact) mass is 213 g/mol. The smallest absolute Gasteiger partial charge is 0.00175 e. The highest BCUT2D eigenvalue weighted by molar-refractivity contribution is 7.99. The Morgan fingerprint density at radius 1 is 1.43 bits per heavy atom. The Bertz CT molecular complexity index is 195. The molecular weight excluding hydrogens is 190 g/mol. The van der Waals surface area contributed by atoms with Crippen molar-refractivity contribution in [1.82, 2.24) is 0 Å². The Morgan fingerprint density at radius 2 is 2.29 bits per heavy atom. The molecule has 3 atom stereocenters. The van der Waals surface area contributed by atoms with Crippen LogP contribution < -0.4 is 5.73 Å². The van der Waals surface area contributed by atoms with Gasteiger partial charge in [-0.2, -0.15) is 11.8 Å². The number of rotatable bonds is 5. The van der Waals surface area contributed by atoms with E-state index in [0.717, 1.165) is 18.4 Å². The van der Waals surface area contributed by atoms with Crippen LogP contribution in [0.4, 0.5) is 0 Å². The van der Waals surface area contributed by atoms with Gasteiger partial charge in [0.1, 0.15) is 0 Å². The minimum Gasteiger partial charge on any atom is -0.330 e. The van der Waals surface area contributed by atoms with Gasteiger partial charge < -0.3 is 5.73 Å². The summed E-state index contributed by atoms with van der Waals surface area (Å²) in [5.41, 5.74) is 6.59. The summed E-state index contributed by atoms with van der Waals surface area (Å²) in [4.78, 5) is 0. The minimum atomic E-state index is 0.561. The van der Waals surface area contributed by atoms with Crippen molar-refractivity contribution in [3.8, 4) is 0 Å². The summed E-state index contributed by atoms with van der Waals surface area (Å²) in [5.74, 6) is 4.61. The third-order valence-corrected chi connectivity index (χ3v) is 5.36. The molecule has 0 radical (unpaired) electrons. The van der Waals surface area contributed by atoms with Crippen LogP contribution >= 0.6 is 11.8 Å². The van der Waals surface area contributed by atoms with Gasteiger partial charge >= 0.3 is 0 Å². The van der Waals surface area contributed by atoms with Crippen LogP contribution in [0.15, 0.2) is 0 Å². The summed E-state index contributed by atoms with van der Waals surface area (Å²) in [6.07, 6.45) is 7.28. The Labute approximate surface area is 92.2 Å². The SMILES string of the molecule is CCSCCC1(CN)CC2CCC1C2. The molecule has 1 nitrogen and oxygen atoms in total. The highest BCUT2D eigenvalue weighted by Crippen LogP contribution is 2.57. The first-order chi connectivity index (χ1) is 6.80. The predicted molar refractivity (Wildman–Crippen MR) is 64.6 cm³/mol. The Morgan fingerprint density at radius 3 is 2.79 bits per heavy atom. The normalized spacial score (nSPS) is 40.7. The molecule has 2 rings (SSSR count). The lowest BCUT2D eigenvalue weighted by molar-refractivity contribution is 0.167. The molecule has 2 N–H and O–H groups in total. The van der Waals surface area contributed by atoms with E-state index in [2.05, 4.69) is 18.7 Å². The third kappa shape index (κ3) is 1.83. The van der Waals surface area contributed by atoms with Crippen LogP contribution in [0.25, 0.3) is 0 Å². The van der Waals surface area contributed by atoms with Gasteiger partial charge in [-0.05, 0) is 61.0 Å². The maximum absolute atomic E-state index is 6.03. The lowest BCUT2D eigenvalue weighted by atomic mass is 9.71. The van der Waals surface area contributed by atoms with Crippen molar-refractivity contribution in [2.24, 2.45) is 23.0 Å². The first-order valence-electron chi connectivity index (χ1n) is 6.08. The molecule has 2 aliphatic rings. The van der Waals surface area contributed by atoms with Crippen LogP contribution in [-0.4, -0.2) is 18.1 Å². The Hall–Kier alpha value is 0.310. The van der Waals surface area contributed by atoms with Gasteiger partial charge in [-0.25, -0.2) is 0 Å². The van der Waals surface area contributed by atoms with Crippen LogP contribution in [0, 0.1) is 17.3 Å². The molecular formula is C12H23NS. The van der Waals surface area contributed by atoms with Crippen molar-refractivity contribution in [2.75, 3.05) is 18.1 Å². The van der Waals surface area contributed by atoms with E-state index in [0.29, 0.717) is 5.41 Å². The largest absolute Gasteiger partial charge is 0.330 e. The lowest BCUT2D eigenvalue weighted by Crippen LogP contribution is -2.36. The van der Waals surface area contributed by atoms with E-state index in [4.69, 9.17) is 5.73 Å². The molecule has 2 saturated carbocycles. The Kier molecular flexibility index (Phi) is 3.43. The molecule has 0 amide bonds. The first kappa shape index (κ1) is 10.8. The van der Waals surface area contributed by atoms with Gasteiger partial charge in [-0.15, -0.1) is 0 Å². The molecule has 14 heavy (non-hydrogen) atoms. The van der Waals surface area contributed by atoms with E-state index in [9.17, 15) is 0 Å². The quantitative estimate of drug-likeness (QED) is 0.711. The van der Waals surface area contributed by atoms with Gasteiger partial charge in [0.05, 0.1) is 0 Å².